The first-order valence-electron chi connectivity index (χ1n) is 6.50. The van der Waals surface area contributed by atoms with Crippen LogP contribution in [0.1, 0.15) is 31.8 Å². The molecule has 0 amide bonds. The lowest BCUT2D eigenvalue weighted by molar-refractivity contribution is 0.0534. The fourth-order valence-electron chi connectivity index (χ4n) is 2.00. The summed E-state index contributed by atoms with van der Waals surface area (Å²) in [6.07, 6.45) is 0. The maximum absolute atomic E-state index is 10.9. The molecule has 1 aliphatic rings. The molecule has 0 aliphatic carbocycles. The summed E-state index contributed by atoms with van der Waals surface area (Å²) in [5.41, 5.74) is 2.20. The van der Waals surface area contributed by atoms with Crippen molar-refractivity contribution in [3.05, 3.63) is 67.6 Å². The lowest BCUT2D eigenvalue weighted by atomic mass is 10.1. The van der Waals surface area contributed by atoms with Gasteiger partial charge in [0.05, 0.1) is 17.7 Å². The van der Waals surface area contributed by atoms with E-state index < -0.39 is 5.97 Å². The predicted octanol–water partition coefficient (Wildman–Crippen LogP) is 3.76. The number of rotatable bonds is 2. The highest BCUT2D eigenvalue weighted by atomic mass is 79.9. The first kappa shape index (κ1) is 17.7. The lowest BCUT2D eigenvalue weighted by Gasteiger charge is -2.02. The van der Waals surface area contributed by atoms with Crippen molar-refractivity contribution in [2.75, 3.05) is 0 Å². The Hall–Kier alpha value is -1.70. The number of carboxylic acids is 1. The molecule has 7 heteroatoms. The van der Waals surface area contributed by atoms with E-state index in [1.807, 2.05) is 12.1 Å². The average Bonchev–Trinajstić information content (AvgIpc) is 2.88. The Labute approximate surface area is 149 Å². The highest BCUT2D eigenvalue weighted by Gasteiger charge is 2.20. The molecule has 2 aromatic rings. The topological polar surface area (TPSA) is 83.8 Å². The molecule has 0 bridgehead atoms. The van der Waals surface area contributed by atoms with E-state index in [2.05, 4.69) is 31.9 Å². The number of hydrogen-bond acceptors (Lipinski definition) is 4. The summed E-state index contributed by atoms with van der Waals surface area (Å²) >= 11 is 6.50. The zero-order chi connectivity index (χ0) is 17.0. The number of aromatic carboxylic acids is 1. The number of carbonyl (C=O) groups excluding carboxylic acids is 1. The molecule has 0 fully saturated rings. The molecule has 0 radical (unpaired) electrons. The maximum Gasteiger partial charge on any atom is 0.338 e. The van der Waals surface area contributed by atoms with Crippen LogP contribution < -0.4 is 0 Å². The van der Waals surface area contributed by atoms with Crippen LogP contribution in [-0.4, -0.2) is 22.2 Å². The van der Waals surface area contributed by atoms with E-state index in [1.54, 1.807) is 18.2 Å². The van der Waals surface area contributed by atoms with Gasteiger partial charge in [-0.1, -0.05) is 31.9 Å². The molecule has 0 aromatic heterocycles. The number of ether oxygens (including phenoxy) is 1. The van der Waals surface area contributed by atoms with Gasteiger partial charge in [0.25, 0.3) is 0 Å². The van der Waals surface area contributed by atoms with Crippen LogP contribution in [0.5, 0.6) is 0 Å². The number of benzene rings is 2. The lowest BCUT2D eigenvalue weighted by Crippen LogP contribution is -2.01. The number of carbonyl (C=O) groups is 2. The van der Waals surface area contributed by atoms with Crippen LogP contribution in [0.3, 0.4) is 0 Å². The summed E-state index contributed by atoms with van der Waals surface area (Å²) in [6.45, 7) is 0.147. The number of fused-ring (bicyclic) bond motifs is 1. The Morgan fingerprint density at radius 3 is 2.43 bits per heavy atom. The Bertz CT molecular complexity index is 758. The van der Waals surface area contributed by atoms with Gasteiger partial charge in [0.1, 0.15) is 6.61 Å². The standard InChI is InChI=1S/C8H7BrO3.C8H5BrO2/c9-6-1-2-7(8(11)12)5(3-6)4-10;9-6-1-2-7-5(3-6)4-11-8(7)10/h1-3,10H,4H2,(H,11,12);1-3H,4H2. The molecule has 1 aliphatic heterocycles. The summed E-state index contributed by atoms with van der Waals surface area (Å²) in [4.78, 5) is 21.5. The van der Waals surface area contributed by atoms with Gasteiger partial charge in [0, 0.05) is 14.5 Å². The largest absolute Gasteiger partial charge is 0.478 e. The second-order valence-corrected chi connectivity index (χ2v) is 6.47. The number of carboxylic acid groups (broad SMARTS) is 1. The van der Waals surface area contributed by atoms with Gasteiger partial charge < -0.3 is 14.9 Å². The van der Waals surface area contributed by atoms with E-state index in [4.69, 9.17) is 14.9 Å². The number of aliphatic hydroxyl groups is 1. The van der Waals surface area contributed by atoms with Crippen molar-refractivity contribution >= 4 is 43.8 Å². The molecule has 0 atom stereocenters. The number of esters is 1. The van der Waals surface area contributed by atoms with E-state index in [-0.39, 0.29) is 18.1 Å². The van der Waals surface area contributed by atoms with Gasteiger partial charge in [-0.25, -0.2) is 9.59 Å². The second-order valence-electron chi connectivity index (χ2n) is 4.64. The zero-order valence-electron chi connectivity index (χ0n) is 11.8. The monoisotopic (exact) mass is 442 g/mol. The molecular weight excluding hydrogens is 432 g/mol. The molecule has 23 heavy (non-hydrogen) atoms. The smallest absolute Gasteiger partial charge is 0.338 e. The quantitative estimate of drug-likeness (QED) is 0.690. The first-order chi connectivity index (χ1) is 10.9. The fourth-order valence-corrected chi connectivity index (χ4v) is 2.82. The molecule has 0 spiro atoms. The van der Waals surface area contributed by atoms with Crippen LogP contribution in [0, 0.1) is 0 Å². The molecule has 2 aromatic carbocycles. The highest BCUT2D eigenvalue weighted by Crippen LogP contribution is 2.23. The van der Waals surface area contributed by atoms with Crippen LogP contribution in [-0.2, 0) is 18.0 Å². The maximum atomic E-state index is 10.9. The highest BCUT2D eigenvalue weighted by molar-refractivity contribution is 9.10. The van der Waals surface area contributed by atoms with Crippen molar-refractivity contribution in [2.24, 2.45) is 0 Å². The SMILES string of the molecule is O=C(O)c1ccc(Br)cc1CO.O=C1OCc2cc(Br)ccc21. The van der Waals surface area contributed by atoms with Gasteiger partial charge in [0.2, 0.25) is 0 Å². The van der Waals surface area contributed by atoms with Crippen molar-refractivity contribution in [2.45, 2.75) is 13.2 Å². The van der Waals surface area contributed by atoms with Crippen LogP contribution in [0.4, 0.5) is 0 Å². The zero-order valence-corrected chi connectivity index (χ0v) is 14.9. The third-order valence-electron chi connectivity index (χ3n) is 3.11. The van der Waals surface area contributed by atoms with Crippen molar-refractivity contribution < 1.29 is 24.5 Å². The normalized spacial score (nSPS) is 12.0. The minimum Gasteiger partial charge on any atom is -0.478 e. The van der Waals surface area contributed by atoms with Crippen LogP contribution in [0.2, 0.25) is 0 Å². The molecule has 0 unspecified atom stereocenters. The summed E-state index contributed by atoms with van der Waals surface area (Å²) in [5.74, 6) is -1.24. The molecule has 5 nitrogen and oxygen atoms in total. The van der Waals surface area contributed by atoms with Gasteiger partial charge in [-0.05, 0) is 42.0 Å². The van der Waals surface area contributed by atoms with Crippen molar-refractivity contribution in [1.82, 2.24) is 0 Å². The van der Waals surface area contributed by atoms with Crippen LogP contribution in [0.25, 0.3) is 0 Å². The number of hydrogen-bond donors (Lipinski definition) is 2. The van der Waals surface area contributed by atoms with Crippen molar-refractivity contribution in [3.8, 4) is 0 Å². The summed E-state index contributed by atoms with van der Waals surface area (Å²) in [5, 5.41) is 17.5. The van der Waals surface area contributed by atoms with Crippen LogP contribution >= 0.6 is 31.9 Å². The number of halogens is 2. The average molecular weight is 444 g/mol. The molecule has 120 valence electrons. The summed E-state index contributed by atoms with van der Waals surface area (Å²) < 4.78 is 6.56. The number of cyclic esters (lactones) is 1. The van der Waals surface area contributed by atoms with E-state index in [0.717, 1.165) is 14.5 Å². The molecule has 0 saturated heterocycles. The Morgan fingerprint density at radius 1 is 1.13 bits per heavy atom. The van der Waals surface area contributed by atoms with Gasteiger partial charge in [-0.2, -0.15) is 0 Å². The number of aliphatic hydroxyl groups excluding tert-OH is 1. The summed E-state index contributed by atoms with van der Waals surface area (Å²) in [6, 6.07) is 10.2. The van der Waals surface area contributed by atoms with Crippen molar-refractivity contribution in [3.63, 3.8) is 0 Å². The molecule has 1 heterocycles. The molecular formula is C16H12Br2O5. The minimum absolute atomic E-state index is 0.140. The van der Waals surface area contributed by atoms with Crippen molar-refractivity contribution in [1.29, 1.82) is 0 Å². The minimum atomic E-state index is -1.02. The van der Waals surface area contributed by atoms with E-state index in [1.165, 1.54) is 6.07 Å². The van der Waals surface area contributed by atoms with E-state index in [9.17, 15) is 9.59 Å². The van der Waals surface area contributed by atoms with Gasteiger partial charge in [-0.3, -0.25) is 0 Å². The second kappa shape index (κ2) is 7.72. The van der Waals surface area contributed by atoms with Gasteiger partial charge in [-0.15, -0.1) is 0 Å². The third kappa shape index (κ3) is 4.40. The van der Waals surface area contributed by atoms with Gasteiger partial charge >= 0.3 is 11.9 Å². The fraction of sp³-hybridized carbons (Fsp3) is 0.125. The first-order valence-corrected chi connectivity index (χ1v) is 8.09. The Morgan fingerprint density at radius 2 is 1.78 bits per heavy atom. The van der Waals surface area contributed by atoms with E-state index >= 15 is 0 Å². The molecule has 2 N–H and O–H groups in total. The van der Waals surface area contributed by atoms with Gasteiger partial charge in [0.15, 0.2) is 0 Å². The molecule has 3 rings (SSSR count). The third-order valence-corrected chi connectivity index (χ3v) is 4.10. The predicted molar refractivity (Wildman–Crippen MR) is 90.3 cm³/mol. The van der Waals surface area contributed by atoms with E-state index in [0.29, 0.717) is 17.7 Å². The molecule has 0 saturated carbocycles. The Kier molecular flexibility index (Phi) is 5.92. The van der Waals surface area contributed by atoms with Crippen LogP contribution in [0.15, 0.2) is 45.3 Å². The Balaban J connectivity index is 0.000000167. The summed E-state index contributed by atoms with van der Waals surface area (Å²) in [7, 11) is 0.